The average Bonchev–Trinajstić information content (AvgIpc) is 2.81. The first kappa shape index (κ1) is 12.2. The molecule has 0 spiro atoms. The third-order valence-corrected chi connectivity index (χ3v) is 3.60. The predicted molar refractivity (Wildman–Crippen MR) is 68.6 cm³/mol. The summed E-state index contributed by atoms with van der Waals surface area (Å²) >= 11 is 0. The van der Waals surface area contributed by atoms with E-state index in [1.165, 1.54) is 25.7 Å². The van der Waals surface area contributed by atoms with Crippen LogP contribution in [0.2, 0.25) is 0 Å². The van der Waals surface area contributed by atoms with Crippen molar-refractivity contribution < 1.29 is 9.53 Å². The molecule has 0 unspecified atom stereocenters. The summed E-state index contributed by atoms with van der Waals surface area (Å²) in [6.07, 6.45) is 5.66. The van der Waals surface area contributed by atoms with Gasteiger partial charge in [0.2, 0.25) is 0 Å². The molecule has 1 aliphatic rings. The van der Waals surface area contributed by atoms with E-state index in [9.17, 15) is 4.79 Å². The third-order valence-electron chi connectivity index (χ3n) is 3.60. The fraction of sp³-hybridized carbons (Fsp3) is 0.533. The molecule has 1 aromatic rings. The summed E-state index contributed by atoms with van der Waals surface area (Å²) in [6.45, 7) is 2.01. The number of hydrogen-bond acceptors (Lipinski definition) is 2. The molecule has 2 nitrogen and oxygen atoms in total. The van der Waals surface area contributed by atoms with Crippen LogP contribution in [0.25, 0.3) is 0 Å². The van der Waals surface area contributed by atoms with Gasteiger partial charge in [-0.05, 0) is 25.0 Å². The quantitative estimate of drug-likeness (QED) is 0.739. The van der Waals surface area contributed by atoms with Crippen LogP contribution in [-0.2, 0) is 0 Å². The van der Waals surface area contributed by atoms with E-state index in [1.54, 1.807) is 7.11 Å². The predicted octanol–water partition coefficient (Wildman–Crippen LogP) is 3.77. The Labute approximate surface area is 103 Å². The van der Waals surface area contributed by atoms with Gasteiger partial charge in [-0.2, -0.15) is 0 Å². The highest BCUT2D eigenvalue weighted by molar-refractivity contribution is 5.99. The summed E-state index contributed by atoms with van der Waals surface area (Å²) in [5.74, 6) is 1.53. The molecule has 0 aromatic heterocycles. The summed E-state index contributed by atoms with van der Waals surface area (Å²) in [5.41, 5.74) is 1.86. The smallest absolute Gasteiger partial charge is 0.166 e. The summed E-state index contributed by atoms with van der Waals surface area (Å²) in [4.78, 5) is 12.3. The van der Waals surface area contributed by atoms with Crippen molar-refractivity contribution in [3.05, 3.63) is 29.3 Å². The van der Waals surface area contributed by atoms with Crippen molar-refractivity contribution in [2.75, 3.05) is 7.11 Å². The maximum Gasteiger partial charge on any atom is 0.166 e. The van der Waals surface area contributed by atoms with Crippen LogP contribution in [0.15, 0.2) is 18.2 Å². The highest BCUT2D eigenvalue weighted by Crippen LogP contribution is 2.30. The Kier molecular flexibility index (Phi) is 3.82. The summed E-state index contributed by atoms with van der Waals surface area (Å²) in [7, 11) is 1.62. The van der Waals surface area contributed by atoms with E-state index in [0.29, 0.717) is 18.1 Å². The molecule has 1 aliphatic carbocycles. The van der Waals surface area contributed by atoms with E-state index in [0.717, 1.165) is 11.1 Å². The van der Waals surface area contributed by atoms with Gasteiger partial charge in [0.15, 0.2) is 5.78 Å². The Morgan fingerprint density at radius 1 is 1.35 bits per heavy atom. The fourth-order valence-corrected chi connectivity index (χ4v) is 2.63. The van der Waals surface area contributed by atoms with Gasteiger partial charge in [0.1, 0.15) is 5.75 Å². The molecule has 2 rings (SSSR count). The second-order valence-electron chi connectivity index (χ2n) is 4.98. The normalized spacial score (nSPS) is 16.1. The maximum atomic E-state index is 12.3. The highest BCUT2D eigenvalue weighted by atomic mass is 16.5. The van der Waals surface area contributed by atoms with Gasteiger partial charge in [-0.3, -0.25) is 4.79 Å². The van der Waals surface area contributed by atoms with E-state index < -0.39 is 0 Å². The van der Waals surface area contributed by atoms with Crippen LogP contribution in [-0.4, -0.2) is 12.9 Å². The molecular weight excluding hydrogens is 212 g/mol. The zero-order valence-corrected chi connectivity index (χ0v) is 10.7. The van der Waals surface area contributed by atoms with Crippen LogP contribution >= 0.6 is 0 Å². The molecule has 0 heterocycles. The van der Waals surface area contributed by atoms with Crippen molar-refractivity contribution in [2.45, 2.75) is 39.0 Å². The van der Waals surface area contributed by atoms with Gasteiger partial charge in [0, 0.05) is 6.42 Å². The lowest BCUT2D eigenvalue weighted by Gasteiger charge is -2.11. The molecule has 17 heavy (non-hydrogen) atoms. The molecule has 0 aliphatic heterocycles. The van der Waals surface area contributed by atoms with E-state index in [-0.39, 0.29) is 5.78 Å². The van der Waals surface area contributed by atoms with Crippen LogP contribution in [0, 0.1) is 12.8 Å². The van der Waals surface area contributed by atoms with Crippen molar-refractivity contribution >= 4 is 5.78 Å². The number of methoxy groups -OCH3 is 1. The summed E-state index contributed by atoms with van der Waals surface area (Å²) in [5, 5.41) is 0. The largest absolute Gasteiger partial charge is 0.496 e. The fourth-order valence-electron chi connectivity index (χ4n) is 2.63. The lowest BCUT2D eigenvalue weighted by atomic mass is 9.96. The van der Waals surface area contributed by atoms with Crippen LogP contribution in [0.3, 0.4) is 0 Å². The Bertz CT molecular complexity index is 403. The second-order valence-corrected chi connectivity index (χ2v) is 4.98. The molecule has 1 aromatic carbocycles. The minimum Gasteiger partial charge on any atom is -0.496 e. The lowest BCUT2D eigenvalue weighted by Crippen LogP contribution is -2.07. The Balaban J connectivity index is 2.14. The highest BCUT2D eigenvalue weighted by Gasteiger charge is 2.21. The molecule has 0 N–H and O–H groups in total. The minimum atomic E-state index is 0.234. The first-order valence-corrected chi connectivity index (χ1v) is 6.38. The number of carbonyl (C=O) groups is 1. The van der Waals surface area contributed by atoms with Gasteiger partial charge < -0.3 is 4.74 Å². The number of ketones is 1. The first-order valence-electron chi connectivity index (χ1n) is 6.38. The zero-order valence-electron chi connectivity index (χ0n) is 10.7. The van der Waals surface area contributed by atoms with E-state index in [4.69, 9.17) is 4.74 Å². The molecule has 0 amide bonds. The molecule has 2 heteroatoms. The van der Waals surface area contributed by atoms with Gasteiger partial charge in [-0.25, -0.2) is 0 Å². The SMILES string of the molecule is COc1ccc(C)cc1C(=O)CC1CCCC1. The van der Waals surface area contributed by atoms with Gasteiger partial charge in [0.25, 0.3) is 0 Å². The number of rotatable bonds is 4. The number of aryl methyl sites for hydroxylation is 1. The standard InChI is InChI=1S/C15H20O2/c1-11-7-8-15(17-2)13(9-11)14(16)10-12-5-3-4-6-12/h7-9,12H,3-6,10H2,1-2H3. The van der Waals surface area contributed by atoms with Crippen molar-refractivity contribution in [1.82, 2.24) is 0 Å². The van der Waals surface area contributed by atoms with E-state index in [2.05, 4.69) is 0 Å². The maximum absolute atomic E-state index is 12.3. The number of benzene rings is 1. The van der Waals surface area contributed by atoms with Gasteiger partial charge >= 0.3 is 0 Å². The number of hydrogen-bond donors (Lipinski definition) is 0. The van der Waals surface area contributed by atoms with Crippen molar-refractivity contribution in [3.63, 3.8) is 0 Å². The zero-order chi connectivity index (χ0) is 12.3. The molecule has 0 radical (unpaired) electrons. The number of ether oxygens (including phenoxy) is 1. The number of Topliss-reactive ketones (excluding diaryl/α,β-unsaturated/α-hetero) is 1. The summed E-state index contributed by atoms with van der Waals surface area (Å²) in [6, 6.07) is 5.80. The average molecular weight is 232 g/mol. The molecular formula is C15H20O2. The second kappa shape index (κ2) is 5.35. The van der Waals surface area contributed by atoms with E-state index in [1.807, 2.05) is 25.1 Å². The van der Waals surface area contributed by atoms with Crippen LogP contribution in [0.1, 0.15) is 48.0 Å². The van der Waals surface area contributed by atoms with Crippen molar-refractivity contribution in [3.8, 4) is 5.75 Å². The lowest BCUT2D eigenvalue weighted by molar-refractivity contribution is 0.0959. The Morgan fingerprint density at radius 3 is 2.71 bits per heavy atom. The van der Waals surface area contributed by atoms with Gasteiger partial charge in [-0.15, -0.1) is 0 Å². The van der Waals surface area contributed by atoms with E-state index >= 15 is 0 Å². The van der Waals surface area contributed by atoms with Crippen LogP contribution in [0.4, 0.5) is 0 Å². The monoisotopic (exact) mass is 232 g/mol. The number of carbonyl (C=O) groups excluding carboxylic acids is 1. The molecule has 1 fully saturated rings. The third kappa shape index (κ3) is 2.87. The van der Waals surface area contributed by atoms with Crippen LogP contribution < -0.4 is 4.74 Å². The molecule has 92 valence electrons. The molecule has 0 atom stereocenters. The van der Waals surface area contributed by atoms with Gasteiger partial charge in [-0.1, -0.05) is 37.3 Å². The first-order chi connectivity index (χ1) is 8.20. The summed E-state index contributed by atoms with van der Waals surface area (Å²) < 4.78 is 5.27. The van der Waals surface area contributed by atoms with Gasteiger partial charge in [0.05, 0.1) is 12.7 Å². The molecule has 0 bridgehead atoms. The van der Waals surface area contributed by atoms with Crippen molar-refractivity contribution in [1.29, 1.82) is 0 Å². The topological polar surface area (TPSA) is 26.3 Å². The Morgan fingerprint density at radius 2 is 2.06 bits per heavy atom. The molecule has 0 saturated heterocycles. The van der Waals surface area contributed by atoms with Crippen molar-refractivity contribution in [2.24, 2.45) is 5.92 Å². The van der Waals surface area contributed by atoms with Crippen LogP contribution in [0.5, 0.6) is 5.75 Å². The molecule has 1 saturated carbocycles. The minimum absolute atomic E-state index is 0.234. The Hall–Kier alpha value is -1.31.